The highest BCUT2D eigenvalue weighted by molar-refractivity contribution is 7.91. The molecule has 2 atom stereocenters. The lowest BCUT2D eigenvalue weighted by Gasteiger charge is -2.29. The van der Waals surface area contributed by atoms with Crippen molar-refractivity contribution < 1.29 is 35.6 Å². The summed E-state index contributed by atoms with van der Waals surface area (Å²) < 4.78 is 59.2. The maximum absolute atomic E-state index is 12.8. The zero-order chi connectivity index (χ0) is 23.5. The fourth-order valence-electron chi connectivity index (χ4n) is 3.66. The van der Waals surface area contributed by atoms with Gasteiger partial charge in [-0.1, -0.05) is 18.2 Å². The van der Waals surface area contributed by atoms with E-state index in [1.165, 1.54) is 36.3 Å². The van der Waals surface area contributed by atoms with E-state index in [0.717, 1.165) is 0 Å². The van der Waals surface area contributed by atoms with Gasteiger partial charge in [0.05, 0.1) is 28.4 Å². The van der Waals surface area contributed by atoms with E-state index < -0.39 is 49.4 Å². The molecule has 1 amide bonds. The number of benzene rings is 1. The summed E-state index contributed by atoms with van der Waals surface area (Å²) in [4.78, 5) is 26.9. The number of carbonyl (C=O) groups excluding carboxylic acids is 2. The standard InChI is InChI=1S/C21H25NO8S2/c1-3-22(17-10-12-31(25,26)14-17)20(23)15(2)30-21(24)19-16(9-11-29-19)13-32(27,28)18-7-5-4-6-8-18/h4-9,11,15,17H,3,10,12-14H2,1-2H3. The summed E-state index contributed by atoms with van der Waals surface area (Å²) in [6.45, 7) is 3.37. The minimum absolute atomic E-state index is 0.0151. The van der Waals surface area contributed by atoms with Crippen molar-refractivity contribution in [2.75, 3.05) is 18.1 Å². The Bertz CT molecular complexity index is 1190. The van der Waals surface area contributed by atoms with Gasteiger partial charge in [-0.15, -0.1) is 0 Å². The van der Waals surface area contributed by atoms with E-state index in [1.54, 1.807) is 25.1 Å². The molecular formula is C21H25NO8S2. The van der Waals surface area contributed by atoms with E-state index in [-0.39, 0.29) is 34.3 Å². The molecular weight excluding hydrogens is 458 g/mol. The molecule has 1 aromatic heterocycles. The smallest absolute Gasteiger partial charge is 0.375 e. The molecule has 2 aromatic rings. The number of likely N-dealkylation sites (N-methyl/N-ethyl adjacent to an activating group) is 1. The number of amides is 1. The Hall–Kier alpha value is -2.66. The van der Waals surface area contributed by atoms with Gasteiger partial charge < -0.3 is 14.1 Å². The van der Waals surface area contributed by atoms with Gasteiger partial charge in [-0.3, -0.25) is 4.79 Å². The predicted molar refractivity (Wildman–Crippen MR) is 115 cm³/mol. The number of furan rings is 1. The number of rotatable bonds is 8. The Morgan fingerprint density at radius 3 is 2.50 bits per heavy atom. The second-order valence-corrected chi connectivity index (χ2v) is 11.8. The van der Waals surface area contributed by atoms with E-state index in [4.69, 9.17) is 9.15 Å². The molecule has 0 spiro atoms. The minimum Gasteiger partial charge on any atom is -0.457 e. The van der Waals surface area contributed by atoms with E-state index in [0.29, 0.717) is 6.42 Å². The lowest BCUT2D eigenvalue weighted by atomic mass is 10.2. The lowest BCUT2D eigenvalue weighted by Crippen LogP contribution is -2.46. The van der Waals surface area contributed by atoms with Gasteiger partial charge >= 0.3 is 5.97 Å². The Morgan fingerprint density at radius 2 is 1.91 bits per heavy atom. The number of sulfone groups is 2. The summed E-state index contributed by atoms with van der Waals surface area (Å²) in [5.41, 5.74) is 0.118. The molecule has 0 radical (unpaired) electrons. The van der Waals surface area contributed by atoms with Crippen LogP contribution < -0.4 is 0 Å². The van der Waals surface area contributed by atoms with E-state index >= 15 is 0 Å². The third-order valence-electron chi connectivity index (χ3n) is 5.28. The Kier molecular flexibility index (Phi) is 7.09. The van der Waals surface area contributed by atoms with Crippen molar-refractivity contribution in [3.05, 3.63) is 54.0 Å². The highest BCUT2D eigenvalue weighted by Gasteiger charge is 2.36. The van der Waals surface area contributed by atoms with Crippen molar-refractivity contribution in [2.45, 2.75) is 43.1 Å². The van der Waals surface area contributed by atoms with Gasteiger partial charge in [0.2, 0.25) is 5.76 Å². The fraction of sp³-hybridized carbons (Fsp3) is 0.429. The van der Waals surface area contributed by atoms with E-state index in [9.17, 15) is 26.4 Å². The predicted octanol–water partition coefficient (Wildman–Crippen LogP) is 1.83. The molecule has 0 N–H and O–H groups in total. The Labute approximate surface area is 187 Å². The first kappa shape index (κ1) is 24.0. The number of hydrogen-bond acceptors (Lipinski definition) is 8. The molecule has 2 unspecified atom stereocenters. The first-order chi connectivity index (χ1) is 15.0. The van der Waals surface area contributed by atoms with Crippen molar-refractivity contribution in [1.29, 1.82) is 0 Å². The molecule has 0 saturated carbocycles. The first-order valence-corrected chi connectivity index (χ1v) is 13.6. The van der Waals surface area contributed by atoms with Crippen LogP contribution in [0.3, 0.4) is 0 Å². The highest BCUT2D eigenvalue weighted by atomic mass is 32.2. The lowest BCUT2D eigenvalue weighted by molar-refractivity contribution is -0.141. The van der Waals surface area contributed by atoms with Crippen LogP contribution in [0.25, 0.3) is 0 Å². The largest absolute Gasteiger partial charge is 0.457 e. The van der Waals surface area contributed by atoms with Crippen LogP contribution in [0.15, 0.2) is 52.0 Å². The molecule has 0 bridgehead atoms. The summed E-state index contributed by atoms with van der Waals surface area (Å²) in [5, 5.41) is 0. The van der Waals surface area contributed by atoms with Crippen molar-refractivity contribution >= 4 is 31.6 Å². The van der Waals surface area contributed by atoms with E-state index in [2.05, 4.69) is 0 Å². The molecule has 32 heavy (non-hydrogen) atoms. The number of hydrogen-bond donors (Lipinski definition) is 0. The third-order valence-corrected chi connectivity index (χ3v) is 8.72. The van der Waals surface area contributed by atoms with Gasteiger partial charge in [0.1, 0.15) is 0 Å². The molecule has 1 aromatic carbocycles. The summed E-state index contributed by atoms with van der Waals surface area (Å²) in [6.07, 6.45) is 0.317. The number of carbonyl (C=O) groups is 2. The average molecular weight is 484 g/mol. The van der Waals surface area contributed by atoms with Crippen LogP contribution in [0.2, 0.25) is 0 Å². The summed E-state index contributed by atoms with van der Waals surface area (Å²) in [7, 11) is -6.91. The van der Waals surface area contributed by atoms with Crippen molar-refractivity contribution in [3.8, 4) is 0 Å². The third kappa shape index (κ3) is 5.39. The number of esters is 1. The second kappa shape index (κ2) is 9.45. The molecule has 0 aliphatic carbocycles. The van der Waals surface area contributed by atoms with Gasteiger partial charge in [0.15, 0.2) is 25.8 Å². The monoisotopic (exact) mass is 483 g/mol. The van der Waals surface area contributed by atoms with Crippen molar-refractivity contribution in [1.82, 2.24) is 4.90 Å². The topological polar surface area (TPSA) is 128 Å². The highest BCUT2D eigenvalue weighted by Crippen LogP contribution is 2.22. The Balaban J connectivity index is 1.70. The van der Waals surface area contributed by atoms with Crippen LogP contribution >= 0.6 is 0 Å². The molecule has 174 valence electrons. The van der Waals surface area contributed by atoms with Gasteiger partial charge in [-0.25, -0.2) is 21.6 Å². The first-order valence-electron chi connectivity index (χ1n) is 10.1. The van der Waals surface area contributed by atoms with Gasteiger partial charge in [-0.05, 0) is 38.5 Å². The molecule has 1 fully saturated rings. The zero-order valence-corrected chi connectivity index (χ0v) is 19.4. The molecule has 1 aliphatic rings. The molecule has 1 aliphatic heterocycles. The van der Waals surface area contributed by atoms with Crippen molar-refractivity contribution in [3.63, 3.8) is 0 Å². The second-order valence-electron chi connectivity index (χ2n) is 7.58. The average Bonchev–Trinajstić information content (AvgIpc) is 3.34. The van der Waals surface area contributed by atoms with Crippen LogP contribution in [0.5, 0.6) is 0 Å². The van der Waals surface area contributed by atoms with Gasteiger partial charge in [0.25, 0.3) is 5.91 Å². The molecule has 9 nitrogen and oxygen atoms in total. The fourth-order valence-corrected chi connectivity index (χ4v) is 6.76. The molecule has 1 saturated heterocycles. The van der Waals surface area contributed by atoms with Crippen LogP contribution in [0.4, 0.5) is 0 Å². The van der Waals surface area contributed by atoms with Gasteiger partial charge in [-0.2, -0.15) is 0 Å². The van der Waals surface area contributed by atoms with Crippen molar-refractivity contribution in [2.24, 2.45) is 0 Å². The quantitative estimate of drug-likeness (QED) is 0.520. The van der Waals surface area contributed by atoms with Crippen LogP contribution in [0, 0.1) is 0 Å². The summed E-state index contributed by atoms with van der Waals surface area (Å²) in [6, 6.07) is 8.70. The number of nitrogens with zero attached hydrogens (tertiary/aromatic N) is 1. The maximum Gasteiger partial charge on any atom is 0.375 e. The van der Waals surface area contributed by atoms with Crippen LogP contribution in [0.1, 0.15) is 36.4 Å². The summed E-state index contributed by atoms with van der Waals surface area (Å²) in [5.74, 6) is -2.36. The maximum atomic E-state index is 12.8. The SMILES string of the molecule is CCN(C(=O)C(C)OC(=O)c1occc1CS(=O)(=O)c1ccccc1)C1CCS(=O)(=O)C1. The summed E-state index contributed by atoms with van der Waals surface area (Å²) >= 11 is 0. The normalized spacial score (nSPS) is 18.8. The zero-order valence-electron chi connectivity index (χ0n) is 17.8. The minimum atomic E-state index is -3.72. The van der Waals surface area contributed by atoms with Crippen LogP contribution in [-0.2, 0) is 35.0 Å². The van der Waals surface area contributed by atoms with Crippen LogP contribution in [-0.4, -0.2) is 63.8 Å². The van der Waals surface area contributed by atoms with Gasteiger partial charge in [0, 0.05) is 18.2 Å². The number of ether oxygens (including phenoxy) is 1. The molecule has 2 heterocycles. The molecule has 11 heteroatoms. The Morgan fingerprint density at radius 1 is 1.22 bits per heavy atom. The van der Waals surface area contributed by atoms with E-state index in [1.807, 2.05) is 0 Å². The molecule has 3 rings (SSSR count).